The predicted octanol–water partition coefficient (Wildman–Crippen LogP) is 2.27. The van der Waals surface area contributed by atoms with Crippen LogP contribution in [0.3, 0.4) is 0 Å². The second-order valence-corrected chi connectivity index (χ2v) is 4.97. The number of aliphatic carboxylic acids is 1. The highest BCUT2D eigenvalue weighted by molar-refractivity contribution is 5.92. The van der Waals surface area contributed by atoms with E-state index in [-0.39, 0.29) is 13.2 Å². The highest BCUT2D eigenvalue weighted by Crippen LogP contribution is 2.29. The third kappa shape index (κ3) is 2.54. The van der Waals surface area contributed by atoms with Crippen molar-refractivity contribution >= 4 is 17.7 Å². The second kappa shape index (κ2) is 4.91. The summed E-state index contributed by atoms with van der Waals surface area (Å²) in [5.41, 5.74) is 3.75. The molecule has 1 atom stereocenters. The van der Waals surface area contributed by atoms with Crippen LogP contribution in [0.25, 0.3) is 0 Å². The van der Waals surface area contributed by atoms with Gasteiger partial charge in [0.25, 0.3) is 0 Å². The number of rotatable bonds is 2. The summed E-state index contributed by atoms with van der Waals surface area (Å²) in [6.07, 6.45) is -0.479. The fourth-order valence-electron chi connectivity index (χ4n) is 2.53. The quantitative estimate of drug-likeness (QED) is 0.888. The Kier molecular flexibility index (Phi) is 3.46. The minimum atomic E-state index is -0.945. The molecule has 1 aliphatic heterocycles. The number of carboxylic acids is 1. The van der Waals surface area contributed by atoms with Crippen LogP contribution >= 0.6 is 0 Å². The van der Waals surface area contributed by atoms with E-state index in [1.807, 2.05) is 32.9 Å². The SMILES string of the molecule is Cc1cc(C)c(N2CC(C(=O)O)COC2=O)c(C)c1. The van der Waals surface area contributed by atoms with E-state index in [1.54, 1.807) is 0 Å². The molecule has 1 aliphatic rings. The second-order valence-electron chi connectivity index (χ2n) is 4.97. The van der Waals surface area contributed by atoms with Crippen LogP contribution in [0.15, 0.2) is 12.1 Å². The van der Waals surface area contributed by atoms with Crippen LogP contribution in [0, 0.1) is 26.7 Å². The van der Waals surface area contributed by atoms with Gasteiger partial charge in [-0.2, -0.15) is 0 Å². The van der Waals surface area contributed by atoms with Crippen molar-refractivity contribution in [3.05, 3.63) is 28.8 Å². The van der Waals surface area contributed by atoms with Crippen molar-refractivity contribution < 1.29 is 19.4 Å². The smallest absolute Gasteiger partial charge is 0.414 e. The van der Waals surface area contributed by atoms with E-state index < -0.39 is 18.0 Å². The van der Waals surface area contributed by atoms with Crippen LogP contribution in [0.2, 0.25) is 0 Å². The van der Waals surface area contributed by atoms with Gasteiger partial charge in [-0.05, 0) is 31.9 Å². The van der Waals surface area contributed by atoms with Gasteiger partial charge in [0.2, 0.25) is 0 Å². The molecule has 1 aromatic carbocycles. The molecule has 0 aliphatic carbocycles. The van der Waals surface area contributed by atoms with E-state index in [2.05, 4.69) is 0 Å². The summed E-state index contributed by atoms with van der Waals surface area (Å²) >= 11 is 0. The van der Waals surface area contributed by atoms with Gasteiger partial charge in [0, 0.05) is 6.54 Å². The molecular weight excluding hydrogens is 246 g/mol. The van der Waals surface area contributed by atoms with E-state index in [9.17, 15) is 9.59 Å². The molecule has 1 amide bonds. The average Bonchev–Trinajstić information content (AvgIpc) is 2.29. The largest absolute Gasteiger partial charge is 0.481 e. The minimum Gasteiger partial charge on any atom is -0.481 e. The molecule has 2 rings (SSSR count). The van der Waals surface area contributed by atoms with Crippen molar-refractivity contribution in [2.24, 2.45) is 5.92 Å². The lowest BCUT2D eigenvalue weighted by Gasteiger charge is -2.32. The van der Waals surface area contributed by atoms with Gasteiger partial charge in [-0.15, -0.1) is 0 Å². The first-order chi connectivity index (χ1) is 8.90. The maximum absolute atomic E-state index is 11.9. The molecule has 1 unspecified atom stereocenters. The minimum absolute atomic E-state index is 0.0609. The molecular formula is C14H17NO4. The van der Waals surface area contributed by atoms with Crippen molar-refractivity contribution in [3.63, 3.8) is 0 Å². The van der Waals surface area contributed by atoms with Crippen LogP contribution in [-0.4, -0.2) is 30.3 Å². The standard InChI is InChI=1S/C14H17NO4/c1-8-4-9(2)12(10(3)5-8)15-6-11(13(16)17)7-19-14(15)18/h4-5,11H,6-7H2,1-3H3,(H,16,17). The maximum atomic E-state index is 11.9. The van der Waals surface area contributed by atoms with Gasteiger partial charge in [-0.3, -0.25) is 9.69 Å². The zero-order valence-electron chi connectivity index (χ0n) is 11.3. The first-order valence-corrected chi connectivity index (χ1v) is 6.15. The summed E-state index contributed by atoms with van der Waals surface area (Å²) in [5, 5.41) is 9.05. The molecule has 1 aromatic rings. The molecule has 0 aromatic heterocycles. The number of carboxylic acid groups (broad SMARTS) is 1. The summed E-state index contributed by atoms with van der Waals surface area (Å²) in [6.45, 7) is 5.89. The Morgan fingerprint density at radius 2 is 1.89 bits per heavy atom. The lowest BCUT2D eigenvalue weighted by atomic mass is 10.0. The number of carbonyl (C=O) groups is 2. The number of hydrogen-bond donors (Lipinski definition) is 1. The molecule has 0 spiro atoms. The van der Waals surface area contributed by atoms with Gasteiger partial charge in [0.15, 0.2) is 0 Å². The number of hydrogen-bond acceptors (Lipinski definition) is 3. The van der Waals surface area contributed by atoms with E-state index in [1.165, 1.54) is 4.90 Å². The Hall–Kier alpha value is -2.04. The number of carbonyl (C=O) groups excluding carboxylic acids is 1. The molecule has 1 heterocycles. The Bertz CT molecular complexity index is 515. The summed E-state index contributed by atoms with van der Waals surface area (Å²) in [6, 6.07) is 3.94. The van der Waals surface area contributed by atoms with Crippen molar-refractivity contribution in [1.29, 1.82) is 0 Å². The summed E-state index contributed by atoms with van der Waals surface area (Å²) in [5.74, 6) is -1.63. The molecule has 0 bridgehead atoms. The Morgan fingerprint density at radius 3 is 2.42 bits per heavy atom. The number of benzene rings is 1. The monoisotopic (exact) mass is 263 g/mol. The van der Waals surface area contributed by atoms with Crippen molar-refractivity contribution in [2.75, 3.05) is 18.1 Å². The molecule has 5 heteroatoms. The normalized spacial score (nSPS) is 19.2. The van der Waals surface area contributed by atoms with Crippen molar-refractivity contribution in [1.82, 2.24) is 0 Å². The number of aryl methyl sites for hydroxylation is 3. The van der Waals surface area contributed by atoms with Gasteiger partial charge < -0.3 is 9.84 Å². The molecule has 5 nitrogen and oxygen atoms in total. The van der Waals surface area contributed by atoms with Crippen LogP contribution in [0.5, 0.6) is 0 Å². The summed E-state index contributed by atoms with van der Waals surface area (Å²) in [7, 11) is 0. The van der Waals surface area contributed by atoms with Crippen LogP contribution in [0.4, 0.5) is 10.5 Å². The molecule has 19 heavy (non-hydrogen) atoms. The fourth-order valence-corrected chi connectivity index (χ4v) is 2.53. The molecule has 102 valence electrons. The van der Waals surface area contributed by atoms with Crippen LogP contribution in [0.1, 0.15) is 16.7 Å². The number of amides is 1. The zero-order chi connectivity index (χ0) is 14.2. The van der Waals surface area contributed by atoms with Crippen molar-refractivity contribution in [3.8, 4) is 0 Å². The number of ether oxygens (including phenoxy) is 1. The highest BCUT2D eigenvalue weighted by atomic mass is 16.6. The van der Waals surface area contributed by atoms with E-state index >= 15 is 0 Å². The molecule has 1 N–H and O–H groups in total. The Morgan fingerprint density at radius 1 is 1.32 bits per heavy atom. The summed E-state index contributed by atoms with van der Waals surface area (Å²) < 4.78 is 4.97. The third-order valence-corrected chi connectivity index (χ3v) is 3.29. The number of nitrogens with zero attached hydrogens (tertiary/aromatic N) is 1. The van der Waals surface area contributed by atoms with Crippen LogP contribution < -0.4 is 4.90 Å². The predicted molar refractivity (Wildman–Crippen MR) is 70.5 cm³/mol. The van der Waals surface area contributed by atoms with E-state index in [0.717, 1.165) is 22.4 Å². The van der Waals surface area contributed by atoms with E-state index in [4.69, 9.17) is 9.84 Å². The number of anilines is 1. The average molecular weight is 263 g/mol. The van der Waals surface area contributed by atoms with Gasteiger partial charge in [0.1, 0.15) is 12.5 Å². The van der Waals surface area contributed by atoms with Gasteiger partial charge in [-0.25, -0.2) is 4.79 Å². The van der Waals surface area contributed by atoms with Gasteiger partial charge in [-0.1, -0.05) is 17.7 Å². The molecule has 0 radical (unpaired) electrons. The fraction of sp³-hybridized carbons (Fsp3) is 0.429. The molecule has 1 saturated heterocycles. The first-order valence-electron chi connectivity index (χ1n) is 6.15. The molecule has 0 saturated carbocycles. The van der Waals surface area contributed by atoms with Crippen LogP contribution in [-0.2, 0) is 9.53 Å². The third-order valence-electron chi connectivity index (χ3n) is 3.29. The van der Waals surface area contributed by atoms with Gasteiger partial charge >= 0.3 is 12.1 Å². The topological polar surface area (TPSA) is 66.8 Å². The first kappa shape index (κ1) is 13.4. The Labute approximate surface area is 111 Å². The zero-order valence-corrected chi connectivity index (χ0v) is 11.3. The highest BCUT2D eigenvalue weighted by Gasteiger charge is 2.33. The lowest BCUT2D eigenvalue weighted by molar-refractivity contribution is -0.143. The number of cyclic esters (lactones) is 1. The maximum Gasteiger partial charge on any atom is 0.414 e. The molecule has 1 fully saturated rings. The Balaban J connectivity index is 2.39. The van der Waals surface area contributed by atoms with Gasteiger partial charge in [0.05, 0.1) is 5.69 Å². The lowest BCUT2D eigenvalue weighted by Crippen LogP contribution is -2.46. The summed E-state index contributed by atoms with van der Waals surface area (Å²) in [4.78, 5) is 24.3. The van der Waals surface area contributed by atoms with Crippen molar-refractivity contribution in [2.45, 2.75) is 20.8 Å². The van der Waals surface area contributed by atoms with E-state index in [0.29, 0.717) is 0 Å².